The summed E-state index contributed by atoms with van der Waals surface area (Å²) in [7, 11) is -3.36. The first-order chi connectivity index (χ1) is 9.11. The van der Waals surface area contributed by atoms with E-state index in [0.29, 0.717) is 12.0 Å². The second kappa shape index (κ2) is 5.20. The van der Waals surface area contributed by atoms with Gasteiger partial charge in [-0.05, 0) is 31.0 Å². The standard InChI is InChI=1S/C13H14Cl2O4S/c1-8-3-4-10(20(2,17)18)5-11(8)12(16)19-7-9-6-13(9,14)15/h3-5,9H,6-7H2,1-2H3. The summed E-state index contributed by atoms with van der Waals surface area (Å²) in [6.45, 7) is 1.85. The number of halogens is 2. The fourth-order valence-electron chi connectivity index (χ4n) is 1.76. The van der Waals surface area contributed by atoms with Gasteiger partial charge in [-0.25, -0.2) is 13.2 Å². The Kier molecular flexibility index (Phi) is 4.06. The quantitative estimate of drug-likeness (QED) is 0.626. The predicted octanol–water partition coefficient (Wildman–Crippen LogP) is 2.75. The van der Waals surface area contributed by atoms with Crippen molar-refractivity contribution in [1.82, 2.24) is 0 Å². The van der Waals surface area contributed by atoms with Crippen LogP contribution in [0.3, 0.4) is 0 Å². The molecule has 1 fully saturated rings. The molecule has 0 amide bonds. The molecule has 0 saturated heterocycles. The lowest BCUT2D eigenvalue weighted by atomic mass is 10.1. The Labute approximate surface area is 127 Å². The second-order valence-corrected chi connectivity index (χ2v) is 8.57. The van der Waals surface area contributed by atoms with Crippen LogP contribution >= 0.6 is 23.2 Å². The summed E-state index contributed by atoms with van der Waals surface area (Å²) in [5.74, 6) is -0.628. The van der Waals surface area contributed by atoms with E-state index in [-0.39, 0.29) is 23.0 Å². The minimum absolute atomic E-state index is 0.0619. The van der Waals surface area contributed by atoms with Crippen LogP contribution in [-0.4, -0.2) is 31.6 Å². The number of benzene rings is 1. The van der Waals surface area contributed by atoms with E-state index in [1.54, 1.807) is 13.0 Å². The van der Waals surface area contributed by atoms with E-state index in [4.69, 9.17) is 27.9 Å². The molecule has 2 rings (SSSR count). The maximum atomic E-state index is 12.0. The molecule has 1 atom stereocenters. The topological polar surface area (TPSA) is 60.4 Å². The van der Waals surface area contributed by atoms with Crippen LogP contribution < -0.4 is 0 Å². The van der Waals surface area contributed by atoms with Crippen molar-refractivity contribution in [1.29, 1.82) is 0 Å². The highest BCUT2D eigenvalue weighted by atomic mass is 35.5. The molecule has 0 radical (unpaired) electrons. The number of alkyl halides is 2. The van der Waals surface area contributed by atoms with Gasteiger partial charge < -0.3 is 4.74 Å². The molecular weight excluding hydrogens is 323 g/mol. The third-order valence-electron chi connectivity index (χ3n) is 3.23. The number of hydrogen-bond acceptors (Lipinski definition) is 4. The van der Waals surface area contributed by atoms with Crippen molar-refractivity contribution >= 4 is 39.0 Å². The number of hydrogen-bond donors (Lipinski definition) is 0. The summed E-state index contributed by atoms with van der Waals surface area (Å²) in [6, 6.07) is 4.37. The van der Waals surface area contributed by atoms with Crippen LogP contribution in [0.25, 0.3) is 0 Å². The Balaban J connectivity index is 2.13. The summed E-state index contributed by atoms with van der Waals surface area (Å²) in [4.78, 5) is 12.1. The van der Waals surface area contributed by atoms with Gasteiger partial charge in [0.2, 0.25) is 0 Å². The van der Waals surface area contributed by atoms with Crippen molar-refractivity contribution < 1.29 is 17.9 Å². The molecule has 0 spiro atoms. The molecular formula is C13H14Cl2O4S. The maximum absolute atomic E-state index is 12.0. The van der Waals surface area contributed by atoms with Crippen LogP contribution in [0.4, 0.5) is 0 Å². The zero-order valence-electron chi connectivity index (χ0n) is 11.0. The first-order valence-electron chi connectivity index (χ1n) is 5.97. The number of esters is 1. The van der Waals surface area contributed by atoms with Crippen molar-refractivity contribution in [2.24, 2.45) is 5.92 Å². The minimum atomic E-state index is -3.36. The van der Waals surface area contributed by atoms with Gasteiger partial charge in [0.25, 0.3) is 0 Å². The molecule has 7 heteroatoms. The Bertz CT molecular complexity index is 652. The van der Waals surface area contributed by atoms with Gasteiger partial charge in [0.05, 0.1) is 17.1 Å². The molecule has 0 N–H and O–H groups in total. The monoisotopic (exact) mass is 336 g/mol. The van der Waals surface area contributed by atoms with E-state index in [1.165, 1.54) is 12.1 Å². The maximum Gasteiger partial charge on any atom is 0.338 e. The van der Waals surface area contributed by atoms with E-state index in [2.05, 4.69) is 0 Å². The number of ether oxygens (including phenoxy) is 1. The second-order valence-electron chi connectivity index (χ2n) is 5.01. The molecule has 1 aromatic rings. The van der Waals surface area contributed by atoms with Gasteiger partial charge in [-0.3, -0.25) is 0 Å². The van der Waals surface area contributed by atoms with Crippen LogP contribution in [0.15, 0.2) is 23.1 Å². The molecule has 0 heterocycles. The lowest BCUT2D eigenvalue weighted by Crippen LogP contribution is -2.12. The van der Waals surface area contributed by atoms with E-state index in [1.807, 2.05) is 0 Å². The first kappa shape index (κ1) is 15.6. The van der Waals surface area contributed by atoms with Gasteiger partial charge >= 0.3 is 5.97 Å². The predicted molar refractivity (Wildman–Crippen MR) is 77.1 cm³/mol. The van der Waals surface area contributed by atoms with E-state index in [9.17, 15) is 13.2 Å². The lowest BCUT2D eigenvalue weighted by molar-refractivity contribution is 0.0484. The zero-order valence-corrected chi connectivity index (χ0v) is 13.3. The Morgan fingerprint density at radius 1 is 1.45 bits per heavy atom. The molecule has 20 heavy (non-hydrogen) atoms. The number of sulfone groups is 1. The van der Waals surface area contributed by atoms with Gasteiger partial charge in [-0.15, -0.1) is 23.2 Å². The molecule has 110 valence electrons. The zero-order chi connectivity index (χ0) is 15.1. The van der Waals surface area contributed by atoms with Crippen LogP contribution in [-0.2, 0) is 14.6 Å². The number of aryl methyl sites for hydroxylation is 1. The molecule has 4 nitrogen and oxygen atoms in total. The largest absolute Gasteiger partial charge is 0.462 e. The van der Waals surface area contributed by atoms with Crippen molar-refractivity contribution in [3.63, 3.8) is 0 Å². The van der Waals surface area contributed by atoms with E-state index < -0.39 is 20.1 Å². The third-order valence-corrected chi connectivity index (χ3v) is 5.26. The summed E-state index contributed by atoms with van der Waals surface area (Å²) in [6.07, 6.45) is 1.68. The fourth-order valence-corrected chi connectivity index (χ4v) is 2.90. The molecule has 1 saturated carbocycles. The molecule has 0 aromatic heterocycles. The molecule has 1 aromatic carbocycles. The summed E-state index contributed by atoms with van der Waals surface area (Å²) < 4.78 is 27.3. The van der Waals surface area contributed by atoms with Gasteiger partial charge in [0.1, 0.15) is 4.33 Å². The van der Waals surface area contributed by atoms with E-state index >= 15 is 0 Å². The van der Waals surface area contributed by atoms with Crippen molar-refractivity contribution in [2.45, 2.75) is 22.6 Å². The number of carbonyl (C=O) groups is 1. The molecule has 0 bridgehead atoms. The van der Waals surface area contributed by atoms with Crippen LogP contribution in [0.5, 0.6) is 0 Å². The summed E-state index contributed by atoms with van der Waals surface area (Å²) >= 11 is 11.7. The lowest BCUT2D eigenvalue weighted by Gasteiger charge is -2.08. The van der Waals surface area contributed by atoms with Gasteiger partial charge in [-0.1, -0.05) is 6.07 Å². The number of carbonyl (C=O) groups excluding carboxylic acids is 1. The Morgan fingerprint density at radius 3 is 2.55 bits per heavy atom. The SMILES string of the molecule is Cc1ccc(S(C)(=O)=O)cc1C(=O)OCC1CC1(Cl)Cl. The van der Waals surface area contributed by atoms with Crippen LogP contribution in [0, 0.1) is 12.8 Å². The fraction of sp³-hybridized carbons (Fsp3) is 0.462. The van der Waals surface area contributed by atoms with Crippen molar-refractivity contribution in [3.8, 4) is 0 Å². The molecule has 1 unspecified atom stereocenters. The number of rotatable bonds is 4. The Hall–Kier alpha value is -0.780. The third kappa shape index (κ3) is 3.45. The van der Waals surface area contributed by atoms with Gasteiger partial charge in [-0.2, -0.15) is 0 Å². The van der Waals surface area contributed by atoms with Gasteiger partial charge in [0, 0.05) is 12.2 Å². The van der Waals surface area contributed by atoms with Crippen molar-refractivity contribution in [2.75, 3.05) is 12.9 Å². The van der Waals surface area contributed by atoms with Crippen LogP contribution in [0.2, 0.25) is 0 Å². The van der Waals surface area contributed by atoms with Crippen LogP contribution in [0.1, 0.15) is 22.3 Å². The molecule has 0 aliphatic heterocycles. The summed E-state index contributed by atoms with van der Waals surface area (Å²) in [5.41, 5.74) is 0.893. The van der Waals surface area contributed by atoms with Gasteiger partial charge in [0.15, 0.2) is 9.84 Å². The minimum Gasteiger partial charge on any atom is -0.462 e. The molecule has 1 aliphatic carbocycles. The average molecular weight is 337 g/mol. The highest BCUT2D eigenvalue weighted by molar-refractivity contribution is 7.90. The highest BCUT2D eigenvalue weighted by Gasteiger charge is 2.52. The van der Waals surface area contributed by atoms with E-state index in [0.717, 1.165) is 6.26 Å². The Morgan fingerprint density at radius 2 is 2.05 bits per heavy atom. The first-order valence-corrected chi connectivity index (χ1v) is 8.61. The summed E-state index contributed by atoms with van der Waals surface area (Å²) in [5, 5.41) is 0. The highest BCUT2D eigenvalue weighted by Crippen LogP contribution is 2.53. The molecule has 1 aliphatic rings. The van der Waals surface area contributed by atoms with Crippen molar-refractivity contribution in [3.05, 3.63) is 29.3 Å². The normalized spacial score (nSPS) is 20.5. The smallest absolute Gasteiger partial charge is 0.338 e. The average Bonchev–Trinajstić information content (AvgIpc) is 2.93.